The zero-order valence-corrected chi connectivity index (χ0v) is 23.6. The van der Waals surface area contributed by atoms with Crippen LogP contribution < -0.4 is 0 Å². The zero-order valence-electron chi connectivity index (χ0n) is 23.6. The molecular weight excluding hydrogens is 447 g/mol. The molecule has 1 aliphatic heterocycles. The van der Waals surface area contributed by atoms with Gasteiger partial charge in [0.25, 0.3) is 0 Å². The van der Waals surface area contributed by atoms with E-state index in [2.05, 4.69) is 53.3 Å². The number of benzene rings is 1. The smallest absolute Gasteiger partial charge is 0.115 e. The number of ether oxygens (including phenoxy) is 1. The highest BCUT2D eigenvalue weighted by molar-refractivity contribution is 5.68. The first-order chi connectivity index (χ1) is 17.0. The molecule has 0 atom stereocenters. The van der Waals surface area contributed by atoms with E-state index >= 15 is 0 Å². The van der Waals surface area contributed by atoms with Crippen LogP contribution >= 0.6 is 0 Å². The minimum Gasteiger partial charge on any atom is -0.508 e. The Bertz CT molecular complexity index is 1010. The minimum atomic E-state index is -0.780. The second-order valence-corrected chi connectivity index (χ2v) is 10.9. The second kappa shape index (κ2) is 13.7. The number of alkyl halides is 1. The highest BCUT2D eigenvalue weighted by Crippen LogP contribution is 2.34. The largest absolute Gasteiger partial charge is 0.508 e. The van der Waals surface area contributed by atoms with Crippen molar-refractivity contribution >= 4 is 5.57 Å². The average Bonchev–Trinajstić information content (AvgIpc) is 2.82. The van der Waals surface area contributed by atoms with Crippen molar-refractivity contribution in [1.29, 1.82) is 0 Å². The first-order valence-electron chi connectivity index (χ1n) is 13.5. The fourth-order valence-electron chi connectivity index (χ4n) is 4.94. The van der Waals surface area contributed by atoms with Crippen molar-refractivity contribution in [3.05, 3.63) is 82.2 Å². The molecule has 0 unspecified atom stereocenters. The Hall–Kier alpha value is -2.55. The number of aromatic hydroxyl groups is 1. The first-order valence-corrected chi connectivity index (χ1v) is 13.5. The van der Waals surface area contributed by atoms with Crippen LogP contribution in [-0.4, -0.2) is 17.4 Å². The van der Waals surface area contributed by atoms with Gasteiger partial charge in [-0.15, -0.1) is 0 Å². The molecule has 1 aromatic carbocycles. The molecule has 0 saturated heterocycles. The standard InChI is InChI=1S/C25H32O2.C8H15F/c1-16(2)12-23(22-8-10-24(26)11-9-22)14-17(3)13-18(4)25-20(6)19(5)15-27-21(25)7;1-2-8(9)6-4-3-5-7-8/h8-13,16,26H,4,14-15H2,1-3,5-7H3;2-7H2,1H3/b17-13-,23-12+;. The van der Waals surface area contributed by atoms with Crippen LogP contribution in [0.4, 0.5) is 4.39 Å². The lowest BCUT2D eigenvalue weighted by Crippen LogP contribution is -2.24. The summed E-state index contributed by atoms with van der Waals surface area (Å²) < 4.78 is 19.1. The van der Waals surface area contributed by atoms with Gasteiger partial charge in [-0.25, -0.2) is 4.39 Å². The van der Waals surface area contributed by atoms with Crippen LogP contribution in [0, 0.1) is 5.92 Å². The summed E-state index contributed by atoms with van der Waals surface area (Å²) in [7, 11) is 0. The van der Waals surface area contributed by atoms with Gasteiger partial charge < -0.3 is 9.84 Å². The molecule has 3 rings (SSSR count). The molecule has 1 heterocycles. The molecule has 2 nitrogen and oxygen atoms in total. The maximum absolute atomic E-state index is 13.3. The van der Waals surface area contributed by atoms with Crippen LogP contribution in [-0.2, 0) is 4.74 Å². The van der Waals surface area contributed by atoms with Crippen molar-refractivity contribution in [1.82, 2.24) is 0 Å². The van der Waals surface area contributed by atoms with E-state index in [-0.39, 0.29) is 0 Å². The number of halogens is 1. The van der Waals surface area contributed by atoms with E-state index in [0.29, 0.717) is 24.7 Å². The highest BCUT2D eigenvalue weighted by Gasteiger charge is 2.28. The number of hydrogen-bond acceptors (Lipinski definition) is 2. The molecule has 3 heteroatoms. The van der Waals surface area contributed by atoms with E-state index in [0.717, 1.165) is 54.6 Å². The van der Waals surface area contributed by atoms with Gasteiger partial charge in [-0.05, 0) is 99.3 Å². The molecule has 1 fully saturated rings. The maximum atomic E-state index is 13.3. The molecule has 1 aromatic rings. The third-order valence-corrected chi connectivity index (χ3v) is 7.24. The Kier molecular flexibility index (Phi) is 11.3. The van der Waals surface area contributed by atoms with Gasteiger partial charge in [0.05, 0.1) is 0 Å². The van der Waals surface area contributed by atoms with Crippen molar-refractivity contribution in [2.24, 2.45) is 5.92 Å². The van der Waals surface area contributed by atoms with Crippen LogP contribution in [0.2, 0.25) is 0 Å². The van der Waals surface area contributed by atoms with E-state index in [1.165, 1.54) is 28.7 Å². The Morgan fingerprint density at radius 2 is 1.72 bits per heavy atom. The number of phenols is 1. The van der Waals surface area contributed by atoms with Gasteiger partial charge in [0, 0.05) is 5.57 Å². The first kappa shape index (κ1) is 29.7. The number of rotatable bonds is 7. The molecule has 0 amide bonds. The summed E-state index contributed by atoms with van der Waals surface area (Å²) in [5, 5.41) is 9.57. The van der Waals surface area contributed by atoms with Crippen molar-refractivity contribution in [3.63, 3.8) is 0 Å². The Balaban J connectivity index is 0.000000425. The Labute approximate surface area is 219 Å². The predicted octanol–water partition coefficient (Wildman–Crippen LogP) is 10.0. The zero-order chi connectivity index (χ0) is 26.9. The van der Waals surface area contributed by atoms with Gasteiger partial charge in [-0.3, -0.25) is 0 Å². The summed E-state index contributed by atoms with van der Waals surface area (Å²) in [6, 6.07) is 7.44. The molecule has 1 N–H and O–H groups in total. The van der Waals surface area contributed by atoms with Gasteiger partial charge in [0.1, 0.15) is 23.8 Å². The Morgan fingerprint density at radius 3 is 2.25 bits per heavy atom. The van der Waals surface area contributed by atoms with E-state index in [1.807, 2.05) is 26.0 Å². The van der Waals surface area contributed by atoms with E-state index < -0.39 is 5.67 Å². The molecular formula is C33H47FO2. The van der Waals surface area contributed by atoms with Crippen molar-refractivity contribution in [2.75, 3.05) is 6.61 Å². The maximum Gasteiger partial charge on any atom is 0.115 e. The van der Waals surface area contributed by atoms with E-state index in [4.69, 9.17) is 4.74 Å². The van der Waals surface area contributed by atoms with Crippen molar-refractivity contribution < 1.29 is 14.2 Å². The Morgan fingerprint density at radius 1 is 1.11 bits per heavy atom. The third kappa shape index (κ3) is 8.84. The summed E-state index contributed by atoms with van der Waals surface area (Å²) >= 11 is 0. The van der Waals surface area contributed by atoms with Crippen LogP contribution in [0.1, 0.15) is 99.0 Å². The predicted molar refractivity (Wildman–Crippen MR) is 153 cm³/mol. The average molecular weight is 495 g/mol. The SMILES string of the molecule is C=C(/C=C(/C)C/C(=C\C(C)C)c1ccc(O)cc1)C1=C(C)OCC(C)=C1C.CCC1(F)CCCCC1. The number of phenolic OH excluding ortho intramolecular Hbond substituents is 1. The summed E-state index contributed by atoms with van der Waals surface area (Å²) in [5.41, 5.74) is 7.52. The molecule has 0 radical (unpaired) electrons. The lowest BCUT2D eigenvalue weighted by Gasteiger charge is -2.27. The summed E-state index contributed by atoms with van der Waals surface area (Å²) in [6.45, 7) is 19.7. The third-order valence-electron chi connectivity index (χ3n) is 7.24. The van der Waals surface area contributed by atoms with Crippen LogP contribution in [0.25, 0.3) is 5.57 Å². The molecule has 36 heavy (non-hydrogen) atoms. The number of allylic oxidation sites excluding steroid dienone is 8. The topological polar surface area (TPSA) is 29.5 Å². The summed E-state index contributed by atoms with van der Waals surface area (Å²) in [4.78, 5) is 0. The van der Waals surface area contributed by atoms with Crippen LogP contribution in [0.3, 0.4) is 0 Å². The van der Waals surface area contributed by atoms with Gasteiger partial charge in [-0.2, -0.15) is 0 Å². The fraction of sp³-hybridized carbons (Fsp3) is 0.515. The summed E-state index contributed by atoms with van der Waals surface area (Å²) in [6.07, 6.45) is 11.1. The highest BCUT2D eigenvalue weighted by atomic mass is 19.1. The van der Waals surface area contributed by atoms with Crippen molar-refractivity contribution in [3.8, 4) is 5.75 Å². The van der Waals surface area contributed by atoms with Gasteiger partial charge >= 0.3 is 0 Å². The molecule has 1 aliphatic carbocycles. The molecule has 2 aliphatic rings. The molecule has 0 bridgehead atoms. The van der Waals surface area contributed by atoms with E-state index in [1.54, 1.807) is 12.1 Å². The van der Waals surface area contributed by atoms with E-state index in [9.17, 15) is 9.50 Å². The fourth-order valence-corrected chi connectivity index (χ4v) is 4.94. The summed E-state index contributed by atoms with van der Waals surface area (Å²) in [5.74, 6) is 1.69. The molecule has 1 saturated carbocycles. The lowest BCUT2D eigenvalue weighted by atomic mass is 9.85. The molecule has 0 aromatic heterocycles. The van der Waals surface area contributed by atoms with Gasteiger partial charge in [0.2, 0.25) is 0 Å². The normalized spacial score (nSPS) is 18.6. The quantitative estimate of drug-likeness (QED) is 0.382. The monoisotopic (exact) mass is 494 g/mol. The molecule has 198 valence electrons. The second-order valence-electron chi connectivity index (χ2n) is 10.9. The minimum absolute atomic E-state index is 0.292. The lowest BCUT2D eigenvalue weighted by molar-refractivity contribution is 0.102. The van der Waals surface area contributed by atoms with Crippen LogP contribution in [0.15, 0.2) is 76.6 Å². The van der Waals surface area contributed by atoms with Crippen molar-refractivity contribution in [2.45, 2.75) is 99.1 Å². The van der Waals surface area contributed by atoms with Crippen LogP contribution in [0.5, 0.6) is 5.75 Å². The molecule has 0 spiro atoms. The van der Waals surface area contributed by atoms with Gasteiger partial charge in [0.15, 0.2) is 0 Å². The van der Waals surface area contributed by atoms with Gasteiger partial charge in [-0.1, -0.05) is 76.5 Å². The number of hydrogen-bond donors (Lipinski definition) is 1.